The molecule has 0 saturated carbocycles. The predicted molar refractivity (Wildman–Crippen MR) is 104 cm³/mol. The van der Waals surface area contributed by atoms with Gasteiger partial charge in [0.2, 0.25) is 5.91 Å². The fourth-order valence-corrected chi connectivity index (χ4v) is 4.38. The third-order valence-corrected chi connectivity index (χ3v) is 5.90. The van der Waals surface area contributed by atoms with Gasteiger partial charge in [-0.3, -0.25) is 14.3 Å². The van der Waals surface area contributed by atoms with E-state index in [1.807, 2.05) is 46.3 Å². The van der Waals surface area contributed by atoms with Gasteiger partial charge < -0.3 is 5.32 Å². The molecule has 2 aromatic heterocycles. The molecule has 4 rings (SSSR count). The van der Waals surface area contributed by atoms with E-state index in [-0.39, 0.29) is 17.7 Å². The summed E-state index contributed by atoms with van der Waals surface area (Å²) in [5.41, 5.74) is 0.947. The number of hydrogen-bond acceptors (Lipinski definition) is 6. The lowest BCUT2D eigenvalue weighted by Crippen LogP contribution is -2.35. The molecule has 0 aliphatic carbocycles. The fourth-order valence-electron chi connectivity index (χ4n) is 2.83. The van der Waals surface area contributed by atoms with Crippen LogP contribution in [0.5, 0.6) is 0 Å². The molecule has 0 spiro atoms. The Kier molecular flexibility index (Phi) is 5.21. The highest BCUT2D eigenvalue weighted by Gasteiger charge is 2.26. The number of carbonyl (C=O) groups is 2. The molecule has 1 aliphatic heterocycles. The Morgan fingerprint density at radius 3 is 2.74 bits per heavy atom. The van der Waals surface area contributed by atoms with E-state index in [1.54, 1.807) is 11.3 Å². The molecule has 9 heteroatoms. The topological polar surface area (TPSA) is 80.1 Å². The molecule has 138 valence electrons. The lowest BCUT2D eigenvalue weighted by atomic mass is 10.3. The molecule has 1 aromatic carbocycles. The van der Waals surface area contributed by atoms with Crippen molar-refractivity contribution in [1.29, 1.82) is 0 Å². The molecule has 3 heterocycles. The number of rotatable bonds is 6. The molecule has 27 heavy (non-hydrogen) atoms. The summed E-state index contributed by atoms with van der Waals surface area (Å²) in [6, 6.07) is 13.6. The minimum atomic E-state index is -0.330. The summed E-state index contributed by atoms with van der Waals surface area (Å²) < 4.78 is 1.97. The van der Waals surface area contributed by atoms with Crippen LogP contribution in [0, 0.1) is 0 Å². The minimum absolute atomic E-state index is 0.136. The number of imide groups is 1. The van der Waals surface area contributed by atoms with Crippen molar-refractivity contribution < 1.29 is 9.59 Å². The number of thioether (sulfide) groups is 1. The zero-order valence-electron chi connectivity index (χ0n) is 14.4. The highest BCUT2D eigenvalue weighted by molar-refractivity contribution is 7.99. The maximum atomic E-state index is 12.3. The molecule has 1 N–H and O–H groups in total. The SMILES string of the molecule is O=C(CSc1nnc(Cc2cccs2)n1-c1ccccc1)N1CCNC1=O. The Balaban J connectivity index is 1.57. The van der Waals surface area contributed by atoms with Crippen molar-refractivity contribution in [3.05, 3.63) is 58.5 Å². The molecule has 1 saturated heterocycles. The van der Waals surface area contributed by atoms with Crippen LogP contribution in [-0.4, -0.2) is 50.4 Å². The number of amides is 3. The van der Waals surface area contributed by atoms with Gasteiger partial charge in [0.25, 0.3) is 0 Å². The van der Waals surface area contributed by atoms with E-state index in [9.17, 15) is 9.59 Å². The van der Waals surface area contributed by atoms with Gasteiger partial charge in [0.05, 0.1) is 5.75 Å². The smallest absolute Gasteiger partial charge is 0.324 e. The van der Waals surface area contributed by atoms with Crippen LogP contribution in [0.3, 0.4) is 0 Å². The molecule has 1 fully saturated rings. The number of aromatic nitrogens is 3. The average molecular weight is 400 g/mol. The highest BCUT2D eigenvalue weighted by Crippen LogP contribution is 2.24. The van der Waals surface area contributed by atoms with E-state index in [4.69, 9.17) is 0 Å². The quantitative estimate of drug-likeness (QED) is 0.645. The van der Waals surface area contributed by atoms with Crippen LogP contribution >= 0.6 is 23.1 Å². The standard InChI is InChI=1S/C18H17N5O2S2/c24-16(22-9-8-19-17(22)25)12-27-18-21-20-15(11-14-7-4-10-26-14)23(18)13-5-2-1-3-6-13/h1-7,10H,8-9,11-12H2,(H,19,25). The number of urea groups is 1. The van der Waals surface area contributed by atoms with E-state index < -0.39 is 0 Å². The van der Waals surface area contributed by atoms with Crippen LogP contribution in [0.25, 0.3) is 5.69 Å². The maximum absolute atomic E-state index is 12.3. The van der Waals surface area contributed by atoms with Crippen LogP contribution in [0.1, 0.15) is 10.7 Å². The van der Waals surface area contributed by atoms with Crippen molar-refractivity contribution in [3.63, 3.8) is 0 Å². The van der Waals surface area contributed by atoms with E-state index in [0.717, 1.165) is 11.5 Å². The first-order chi connectivity index (χ1) is 13.2. The van der Waals surface area contributed by atoms with Gasteiger partial charge in [-0.25, -0.2) is 4.79 Å². The van der Waals surface area contributed by atoms with Crippen LogP contribution < -0.4 is 5.32 Å². The van der Waals surface area contributed by atoms with Crippen LogP contribution in [-0.2, 0) is 11.2 Å². The summed E-state index contributed by atoms with van der Waals surface area (Å²) in [6.45, 7) is 0.910. The van der Waals surface area contributed by atoms with Crippen LogP contribution in [0.4, 0.5) is 4.79 Å². The number of nitrogens with zero attached hydrogens (tertiary/aromatic N) is 4. The van der Waals surface area contributed by atoms with E-state index in [0.29, 0.717) is 24.7 Å². The van der Waals surface area contributed by atoms with Crippen molar-refractivity contribution in [2.45, 2.75) is 11.6 Å². The zero-order valence-corrected chi connectivity index (χ0v) is 16.0. The minimum Gasteiger partial charge on any atom is -0.336 e. The monoisotopic (exact) mass is 399 g/mol. The van der Waals surface area contributed by atoms with Gasteiger partial charge in [-0.05, 0) is 23.6 Å². The molecule has 0 bridgehead atoms. The van der Waals surface area contributed by atoms with Gasteiger partial charge >= 0.3 is 6.03 Å². The average Bonchev–Trinajstić information content (AvgIpc) is 3.42. The van der Waals surface area contributed by atoms with Crippen molar-refractivity contribution in [2.24, 2.45) is 0 Å². The summed E-state index contributed by atoms with van der Waals surface area (Å²) in [4.78, 5) is 26.4. The lowest BCUT2D eigenvalue weighted by Gasteiger charge is -2.12. The van der Waals surface area contributed by atoms with Crippen molar-refractivity contribution >= 4 is 35.0 Å². The Labute approximate surface area is 164 Å². The van der Waals surface area contributed by atoms with E-state index >= 15 is 0 Å². The van der Waals surface area contributed by atoms with Gasteiger partial charge in [-0.2, -0.15) is 0 Å². The summed E-state index contributed by atoms with van der Waals surface area (Å²) in [5, 5.41) is 14.0. The van der Waals surface area contributed by atoms with Gasteiger partial charge in [0, 0.05) is 30.1 Å². The number of thiophene rings is 1. The summed E-state index contributed by atoms with van der Waals surface area (Å²) in [7, 11) is 0. The maximum Gasteiger partial charge on any atom is 0.324 e. The predicted octanol–water partition coefficient (Wildman–Crippen LogP) is 2.56. The molecule has 0 unspecified atom stereocenters. The Morgan fingerprint density at radius 2 is 2.04 bits per heavy atom. The van der Waals surface area contributed by atoms with Crippen molar-refractivity contribution in [1.82, 2.24) is 25.0 Å². The van der Waals surface area contributed by atoms with Gasteiger partial charge in [0.1, 0.15) is 5.82 Å². The van der Waals surface area contributed by atoms with Crippen molar-refractivity contribution in [2.75, 3.05) is 18.8 Å². The number of carbonyl (C=O) groups excluding carboxylic acids is 2. The van der Waals surface area contributed by atoms with Crippen LogP contribution in [0.2, 0.25) is 0 Å². The Hall–Kier alpha value is -2.65. The van der Waals surface area contributed by atoms with E-state index in [1.165, 1.54) is 21.5 Å². The number of para-hydroxylation sites is 1. The second-order valence-electron chi connectivity index (χ2n) is 5.89. The normalized spacial score (nSPS) is 13.8. The Bertz CT molecular complexity index is 940. The second-order valence-corrected chi connectivity index (χ2v) is 7.87. The molecular formula is C18H17N5O2S2. The summed E-state index contributed by atoms with van der Waals surface area (Å²) in [6.07, 6.45) is 0.669. The first kappa shape index (κ1) is 17.7. The number of nitrogens with one attached hydrogen (secondary N) is 1. The molecule has 3 aromatic rings. The summed E-state index contributed by atoms with van der Waals surface area (Å²) in [5.74, 6) is 0.729. The van der Waals surface area contributed by atoms with Crippen LogP contribution in [0.15, 0.2) is 53.0 Å². The van der Waals surface area contributed by atoms with Crippen molar-refractivity contribution in [3.8, 4) is 5.69 Å². The first-order valence-electron chi connectivity index (χ1n) is 8.45. The van der Waals surface area contributed by atoms with Gasteiger partial charge in [-0.15, -0.1) is 21.5 Å². The number of hydrogen-bond donors (Lipinski definition) is 1. The van der Waals surface area contributed by atoms with Gasteiger partial charge in [0.15, 0.2) is 5.16 Å². The highest BCUT2D eigenvalue weighted by atomic mass is 32.2. The number of benzene rings is 1. The van der Waals surface area contributed by atoms with E-state index in [2.05, 4.69) is 21.6 Å². The third kappa shape index (κ3) is 3.88. The largest absolute Gasteiger partial charge is 0.336 e. The first-order valence-corrected chi connectivity index (χ1v) is 10.3. The molecule has 1 aliphatic rings. The molecule has 3 amide bonds. The molecular weight excluding hydrogens is 382 g/mol. The van der Waals surface area contributed by atoms with Gasteiger partial charge in [-0.1, -0.05) is 36.0 Å². The zero-order chi connectivity index (χ0) is 18.6. The second kappa shape index (κ2) is 7.93. The molecule has 0 radical (unpaired) electrons. The molecule has 7 nitrogen and oxygen atoms in total. The third-order valence-electron chi connectivity index (χ3n) is 4.11. The summed E-state index contributed by atoms with van der Waals surface area (Å²) >= 11 is 2.97. The molecule has 0 atom stereocenters. The Morgan fingerprint density at radius 1 is 1.19 bits per heavy atom. The lowest BCUT2D eigenvalue weighted by molar-refractivity contribution is -0.124. The fraction of sp³-hybridized carbons (Fsp3) is 0.222.